The van der Waals surface area contributed by atoms with Crippen molar-refractivity contribution in [2.75, 3.05) is 14.7 Å². The van der Waals surface area contributed by atoms with E-state index in [1.807, 2.05) is 0 Å². The summed E-state index contributed by atoms with van der Waals surface area (Å²) >= 11 is 0. The van der Waals surface area contributed by atoms with Crippen molar-refractivity contribution in [3.63, 3.8) is 0 Å². The molecule has 0 saturated carbocycles. The van der Waals surface area contributed by atoms with E-state index in [2.05, 4.69) is 299 Å². The Hall–Kier alpha value is -6.78. The summed E-state index contributed by atoms with van der Waals surface area (Å²) in [6.07, 6.45) is 2.29. The van der Waals surface area contributed by atoms with E-state index in [0.717, 1.165) is 18.5 Å². The molecule has 4 heteroatoms. The third kappa shape index (κ3) is 9.41. The molecule has 0 radical (unpaired) electrons. The van der Waals surface area contributed by atoms with E-state index >= 15 is 0 Å². The number of rotatable bonds is 6. The molecule has 0 spiro atoms. The van der Waals surface area contributed by atoms with Gasteiger partial charge >= 0.3 is 0 Å². The van der Waals surface area contributed by atoms with Crippen molar-refractivity contribution in [1.29, 1.82) is 0 Å². The Kier molecular flexibility index (Phi) is 13.0. The van der Waals surface area contributed by atoms with Gasteiger partial charge in [0.15, 0.2) is 0 Å². The summed E-state index contributed by atoms with van der Waals surface area (Å²) in [5, 5.41) is 0. The topological polar surface area (TPSA) is 9.72 Å². The van der Waals surface area contributed by atoms with Gasteiger partial charge in [-0.2, -0.15) is 0 Å². The summed E-state index contributed by atoms with van der Waals surface area (Å²) < 4.78 is 0. The third-order valence-corrected chi connectivity index (χ3v) is 18.5. The molecule has 3 nitrogen and oxygen atoms in total. The summed E-state index contributed by atoms with van der Waals surface area (Å²) in [7, 11) is 0. The maximum absolute atomic E-state index is 2.69. The monoisotopic (exact) mass is 1050 g/mol. The Bertz CT molecular complexity index is 3700. The highest BCUT2D eigenvalue weighted by atomic mass is 15.2. The summed E-state index contributed by atoms with van der Waals surface area (Å²) in [6, 6.07) is 57.8. The van der Waals surface area contributed by atoms with Crippen molar-refractivity contribution in [3.05, 3.63) is 201 Å². The van der Waals surface area contributed by atoms with Crippen LogP contribution < -0.4 is 31.1 Å². The van der Waals surface area contributed by atoms with Gasteiger partial charge in [0, 0.05) is 51.1 Å². The van der Waals surface area contributed by atoms with Gasteiger partial charge in [0.25, 0.3) is 6.71 Å². The van der Waals surface area contributed by atoms with E-state index in [4.69, 9.17) is 0 Å². The van der Waals surface area contributed by atoms with E-state index < -0.39 is 0 Å². The lowest BCUT2D eigenvalue weighted by atomic mass is 9.33. The molecule has 410 valence electrons. The minimum absolute atomic E-state index is 0.00412. The second-order valence-corrected chi connectivity index (χ2v) is 29.7. The minimum Gasteiger partial charge on any atom is -0.311 e. The van der Waals surface area contributed by atoms with Gasteiger partial charge in [-0.1, -0.05) is 196 Å². The largest absolute Gasteiger partial charge is 0.311 e. The van der Waals surface area contributed by atoms with Crippen LogP contribution in [0.4, 0.5) is 51.2 Å². The number of aryl methyl sites for hydroxylation is 4. The Balaban J connectivity index is 1.26. The number of anilines is 9. The Morgan fingerprint density at radius 2 is 0.850 bits per heavy atom. The molecule has 8 aromatic rings. The van der Waals surface area contributed by atoms with Crippen molar-refractivity contribution in [1.82, 2.24) is 0 Å². The van der Waals surface area contributed by atoms with Crippen molar-refractivity contribution in [3.8, 4) is 11.1 Å². The zero-order chi connectivity index (χ0) is 57.6. The van der Waals surface area contributed by atoms with E-state index in [9.17, 15) is 0 Å². The van der Waals surface area contributed by atoms with Gasteiger partial charge in [-0.05, 0) is 211 Å². The fourth-order valence-electron chi connectivity index (χ4n) is 13.4. The molecule has 2 aliphatic heterocycles. The van der Waals surface area contributed by atoms with Crippen LogP contribution in [0.2, 0.25) is 0 Å². The third-order valence-electron chi connectivity index (χ3n) is 18.5. The first kappa shape index (κ1) is 55.1. The second kappa shape index (κ2) is 18.9. The lowest BCUT2D eigenvalue weighted by Crippen LogP contribution is -2.62. The number of benzene rings is 8. The number of fused-ring (bicyclic) bond motifs is 5. The van der Waals surface area contributed by atoms with Crippen LogP contribution in [-0.4, -0.2) is 6.71 Å². The van der Waals surface area contributed by atoms with E-state index in [1.165, 1.54) is 129 Å². The summed E-state index contributed by atoms with van der Waals surface area (Å²) in [4.78, 5) is 7.90. The molecular weight excluding hydrogens is 966 g/mol. The number of hydrogen-bond donors (Lipinski definition) is 0. The van der Waals surface area contributed by atoms with E-state index in [1.54, 1.807) is 0 Å². The first-order valence-electron chi connectivity index (χ1n) is 29.7. The first-order valence-corrected chi connectivity index (χ1v) is 29.7. The van der Waals surface area contributed by atoms with E-state index in [-0.39, 0.29) is 39.2 Å². The highest BCUT2D eigenvalue weighted by Crippen LogP contribution is 2.53. The molecule has 0 aromatic heterocycles. The maximum Gasteiger partial charge on any atom is 0.252 e. The quantitative estimate of drug-likeness (QED) is 0.154. The average molecular weight is 1050 g/mol. The fourth-order valence-corrected chi connectivity index (χ4v) is 13.4. The van der Waals surface area contributed by atoms with Crippen molar-refractivity contribution >= 4 is 74.3 Å². The summed E-state index contributed by atoms with van der Waals surface area (Å²) in [5.41, 5.74) is 30.8. The normalized spacial score (nSPS) is 15.5. The molecule has 11 rings (SSSR count). The van der Waals surface area contributed by atoms with Crippen LogP contribution in [0.1, 0.15) is 179 Å². The Morgan fingerprint density at radius 1 is 0.400 bits per heavy atom. The van der Waals surface area contributed by atoms with Crippen molar-refractivity contribution in [2.45, 2.75) is 184 Å². The van der Waals surface area contributed by atoms with E-state index in [0.29, 0.717) is 0 Å². The molecule has 8 aromatic carbocycles. The Labute approximate surface area is 482 Å². The standard InChI is InChI=1S/C76H88BN3/c1-47-38-68-70-69(39-47)80(65-35-29-55(74(14,15)16)43-57(65)51-24-22-21-23-25-51)67-46-59-58(75(17,18)36-37-76(59,19)20)45-61(67)77(70)60-31-30-56(44-66(60)79(68)64-34-28-54(42-50(64)4)73(11,12)13)78(62-32-26-52(40-48(62)2)71(5,6)7)63-33-27-53(41-49(63)3)72(8,9)10/h21-35,38-46H,36-37H2,1-20H3. The van der Waals surface area contributed by atoms with Gasteiger partial charge in [-0.3, -0.25) is 0 Å². The van der Waals surface area contributed by atoms with Gasteiger partial charge in [-0.25, -0.2) is 0 Å². The predicted octanol–water partition coefficient (Wildman–Crippen LogP) is 19.7. The molecule has 3 aliphatic rings. The fraction of sp³-hybridized carbons (Fsp3) is 0.368. The predicted molar refractivity (Wildman–Crippen MR) is 350 cm³/mol. The highest BCUT2D eigenvalue weighted by molar-refractivity contribution is 7.00. The zero-order valence-electron chi connectivity index (χ0n) is 52.2. The number of nitrogens with zero attached hydrogens (tertiary/aromatic N) is 3. The van der Waals surface area contributed by atoms with Crippen LogP contribution in [-0.2, 0) is 32.5 Å². The molecule has 1 aliphatic carbocycles. The molecule has 0 saturated heterocycles. The molecule has 0 unspecified atom stereocenters. The first-order chi connectivity index (χ1) is 37.3. The Morgan fingerprint density at radius 3 is 1.35 bits per heavy atom. The molecular formula is C76H88BN3. The molecule has 0 N–H and O–H groups in total. The van der Waals surface area contributed by atoms with Crippen LogP contribution in [0.5, 0.6) is 0 Å². The van der Waals surface area contributed by atoms with Gasteiger partial charge in [0.2, 0.25) is 0 Å². The SMILES string of the molecule is Cc1cc2c3c(c1)N(c1ccc(C(C)(C)C)cc1-c1ccccc1)c1cc4c(cc1B3c1ccc(N(c3ccc(C(C)(C)C)cc3C)c3ccc(C(C)(C)C)cc3C)cc1N2c1ccc(C(C)(C)C)cc1C)C(C)(C)CCC4(C)C. The van der Waals surface area contributed by atoms with Crippen LogP contribution in [0.3, 0.4) is 0 Å². The lowest BCUT2D eigenvalue weighted by molar-refractivity contribution is 0.332. The molecule has 0 bridgehead atoms. The molecule has 0 atom stereocenters. The molecule has 80 heavy (non-hydrogen) atoms. The van der Waals surface area contributed by atoms with Gasteiger partial charge in [0.05, 0.1) is 5.69 Å². The van der Waals surface area contributed by atoms with Crippen LogP contribution in [0.25, 0.3) is 11.1 Å². The second-order valence-electron chi connectivity index (χ2n) is 29.7. The maximum atomic E-state index is 2.69. The van der Waals surface area contributed by atoms with Crippen LogP contribution in [0.15, 0.2) is 146 Å². The van der Waals surface area contributed by atoms with Gasteiger partial charge in [-0.15, -0.1) is 0 Å². The number of hydrogen-bond acceptors (Lipinski definition) is 3. The van der Waals surface area contributed by atoms with Crippen LogP contribution in [0, 0.1) is 27.7 Å². The molecule has 0 fully saturated rings. The molecule has 2 heterocycles. The smallest absolute Gasteiger partial charge is 0.252 e. The highest BCUT2D eigenvalue weighted by Gasteiger charge is 2.47. The summed E-state index contributed by atoms with van der Waals surface area (Å²) in [5.74, 6) is 0. The van der Waals surface area contributed by atoms with Crippen molar-refractivity contribution < 1.29 is 0 Å². The summed E-state index contributed by atoms with van der Waals surface area (Å²) in [6.45, 7) is 47.1. The van der Waals surface area contributed by atoms with Crippen LogP contribution >= 0.6 is 0 Å². The van der Waals surface area contributed by atoms with Gasteiger partial charge in [0.1, 0.15) is 0 Å². The van der Waals surface area contributed by atoms with Crippen molar-refractivity contribution in [2.24, 2.45) is 0 Å². The van der Waals surface area contributed by atoms with Gasteiger partial charge < -0.3 is 14.7 Å². The molecule has 0 amide bonds. The minimum atomic E-state index is -0.0458. The average Bonchev–Trinajstić information content (AvgIpc) is 3.52. The zero-order valence-corrected chi connectivity index (χ0v) is 52.2. The lowest BCUT2D eigenvalue weighted by Gasteiger charge is -2.48.